The molecule has 0 aliphatic heterocycles. The first-order chi connectivity index (χ1) is 7.86. The zero-order chi connectivity index (χ0) is 13.1. The Morgan fingerprint density at radius 1 is 1.29 bits per heavy atom. The van der Waals surface area contributed by atoms with E-state index in [0.717, 1.165) is 25.3 Å². The van der Waals surface area contributed by atoms with Gasteiger partial charge in [-0.2, -0.15) is 8.42 Å². The standard InChI is InChI=1S/C11H15ClO4S/c1-2-3-4-5-8-6-9(12)7-10(11(8)13)17(14,15)16/h6-7,13H,2-5H2,1H3,(H,14,15,16). The van der Waals surface area contributed by atoms with Crippen molar-refractivity contribution in [1.82, 2.24) is 0 Å². The normalized spacial score (nSPS) is 11.7. The van der Waals surface area contributed by atoms with Crippen molar-refractivity contribution in [3.05, 3.63) is 22.7 Å². The Kier molecular flexibility index (Phi) is 4.80. The highest BCUT2D eigenvalue weighted by Crippen LogP contribution is 2.31. The number of benzene rings is 1. The maximum absolute atomic E-state index is 11.0. The number of rotatable bonds is 5. The molecule has 0 aliphatic rings. The molecule has 0 atom stereocenters. The van der Waals surface area contributed by atoms with Crippen molar-refractivity contribution < 1.29 is 18.1 Å². The van der Waals surface area contributed by atoms with Gasteiger partial charge in [0.2, 0.25) is 0 Å². The maximum Gasteiger partial charge on any atom is 0.298 e. The minimum absolute atomic E-state index is 0.182. The minimum atomic E-state index is -4.44. The Morgan fingerprint density at radius 2 is 1.94 bits per heavy atom. The summed E-state index contributed by atoms with van der Waals surface area (Å²) >= 11 is 5.75. The van der Waals surface area contributed by atoms with E-state index in [1.54, 1.807) is 0 Å². The number of phenolic OH excluding ortho intramolecular Hbond substituents is 1. The number of halogens is 1. The van der Waals surface area contributed by atoms with Crippen molar-refractivity contribution in [2.75, 3.05) is 0 Å². The molecule has 0 fully saturated rings. The van der Waals surface area contributed by atoms with Crippen LogP contribution in [0.1, 0.15) is 31.7 Å². The monoisotopic (exact) mass is 278 g/mol. The van der Waals surface area contributed by atoms with Crippen LogP contribution >= 0.6 is 11.6 Å². The molecule has 0 aliphatic carbocycles. The first kappa shape index (κ1) is 14.3. The smallest absolute Gasteiger partial charge is 0.298 e. The third-order valence-electron chi connectivity index (χ3n) is 2.45. The molecule has 0 heterocycles. The van der Waals surface area contributed by atoms with Gasteiger partial charge in [-0.1, -0.05) is 31.4 Å². The summed E-state index contributed by atoms with van der Waals surface area (Å²) in [6, 6.07) is 2.55. The van der Waals surface area contributed by atoms with E-state index >= 15 is 0 Å². The zero-order valence-corrected chi connectivity index (χ0v) is 11.1. The Bertz CT molecular complexity index is 496. The van der Waals surface area contributed by atoms with Crippen molar-refractivity contribution in [1.29, 1.82) is 0 Å². The first-order valence-corrected chi connectivity index (χ1v) is 7.17. The first-order valence-electron chi connectivity index (χ1n) is 5.35. The van der Waals surface area contributed by atoms with Crippen LogP contribution in [0.15, 0.2) is 17.0 Å². The van der Waals surface area contributed by atoms with Crippen LogP contribution < -0.4 is 0 Å². The van der Waals surface area contributed by atoms with E-state index in [2.05, 4.69) is 0 Å². The molecule has 1 aromatic carbocycles. The van der Waals surface area contributed by atoms with E-state index in [1.807, 2.05) is 6.92 Å². The van der Waals surface area contributed by atoms with Crippen LogP contribution in [-0.2, 0) is 16.5 Å². The summed E-state index contributed by atoms with van der Waals surface area (Å²) in [5, 5.41) is 9.93. The van der Waals surface area contributed by atoms with Crippen molar-refractivity contribution in [2.45, 2.75) is 37.5 Å². The fourth-order valence-electron chi connectivity index (χ4n) is 1.58. The van der Waals surface area contributed by atoms with Crippen LogP contribution in [0.2, 0.25) is 5.02 Å². The lowest BCUT2D eigenvalue weighted by atomic mass is 10.1. The molecule has 0 radical (unpaired) electrons. The predicted octanol–water partition coefficient (Wildman–Crippen LogP) is 3.03. The van der Waals surface area contributed by atoms with E-state index < -0.39 is 20.8 Å². The highest BCUT2D eigenvalue weighted by Gasteiger charge is 2.19. The third kappa shape index (κ3) is 3.87. The van der Waals surface area contributed by atoms with Gasteiger partial charge in [-0.15, -0.1) is 0 Å². The SMILES string of the molecule is CCCCCc1cc(Cl)cc(S(=O)(=O)O)c1O. The highest BCUT2D eigenvalue weighted by molar-refractivity contribution is 7.86. The molecule has 0 spiro atoms. The maximum atomic E-state index is 11.0. The van der Waals surface area contributed by atoms with Gasteiger partial charge >= 0.3 is 0 Å². The van der Waals surface area contributed by atoms with Crippen LogP contribution in [0.3, 0.4) is 0 Å². The lowest BCUT2D eigenvalue weighted by Gasteiger charge is -2.08. The van der Waals surface area contributed by atoms with Gasteiger partial charge in [0.1, 0.15) is 10.6 Å². The lowest BCUT2D eigenvalue weighted by Crippen LogP contribution is -2.01. The average molecular weight is 279 g/mol. The summed E-state index contributed by atoms with van der Waals surface area (Å²) in [5.74, 6) is -0.409. The molecule has 0 amide bonds. The molecule has 0 bridgehead atoms. The van der Waals surface area contributed by atoms with Crippen molar-refractivity contribution in [3.8, 4) is 5.75 Å². The van der Waals surface area contributed by atoms with Crippen molar-refractivity contribution in [3.63, 3.8) is 0 Å². The quantitative estimate of drug-likeness (QED) is 0.641. The van der Waals surface area contributed by atoms with Gasteiger partial charge in [0, 0.05) is 5.02 Å². The molecule has 1 aromatic rings. The molecule has 4 nitrogen and oxygen atoms in total. The van der Waals surface area contributed by atoms with Gasteiger partial charge in [-0.05, 0) is 30.5 Å². The second-order valence-electron chi connectivity index (χ2n) is 3.84. The Hall–Kier alpha value is -0.780. The molecule has 0 aromatic heterocycles. The molecule has 2 N–H and O–H groups in total. The van der Waals surface area contributed by atoms with Crippen LogP contribution in [0.25, 0.3) is 0 Å². The second kappa shape index (κ2) is 5.71. The van der Waals surface area contributed by atoms with Crippen LogP contribution in [0, 0.1) is 0 Å². The van der Waals surface area contributed by atoms with Gasteiger partial charge in [0.15, 0.2) is 0 Å². The van der Waals surface area contributed by atoms with E-state index in [4.69, 9.17) is 16.2 Å². The molecule has 17 heavy (non-hydrogen) atoms. The van der Waals surface area contributed by atoms with Gasteiger partial charge in [0.05, 0.1) is 0 Å². The number of phenols is 1. The lowest BCUT2D eigenvalue weighted by molar-refractivity contribution is 0.437. The van der Waals surface area contributed by atoms with E-state index in [9.17, 15) is 13.5 Å². The fraction of sp³-hybridized carbons (Fsp3) is 0.455. The molecule has 6 heteroatoms. The van der Waals surface area contributed by atoms with Gasteiger partial charge in [-0.3, -0.25) is 4.55 Å². The average Bonchev–Trinajstić information content (AvgIpc) is 2.21. The fourth-order valence-corrected chi connectivity index (χ4v) is 2.54. The molecule has 96 valence electrons. The Labute approximate surface area is 106 Å². The topological polar surface area (TPSA) is 74.6 Å². The highest BCUT2D eigenvalue weighted by atomic mass is 35.5. The number of aromatic hydroxyl groups is 1. The molecule has 1 rings (SSSR count). The summed E-state index contributed by atoms with van der Waals surface area (Å²) in [6.07, 6.45) is 3.36. The van der Waals surface area contributed by atoms with Crippen LogP contribution in [0.5, 0.6) is 5.75 Å². The van der Waals surface area contributed by atoms with E-state index in [0.29, 0.717) is 12.0 Å². The van der Waals surface area contributed by atoms with Gasteiger partial charge in [-0.25, -0.2) is 0 Å². The summed E-state index contributed by atoms with van der Waals surface area (Å²) in [5.41, 5.74) is 0.443. The van der Waals surface area contributed by atoms with Gasteiger partial charge < -0.3 is 5.11 Å². The number of hydrogen-bond acceptors (Lipinski definition) is 3. The minimum Gasteiger partial charge on any atom is -0.506 e. The molecule has 0 saturated carbocycles. The van der Waals surface area contributed by atoms with Crippen LogP contribution in [-0.4, -0.2) is 18.1 Å². The molecular weight excluding hydrogens is 264 g/mol. The van der Waals surface area contributed by atoms with Gasteiger partial charge in [0.25, 0.3) is 10.1 Å². The van der Waals surface area contributed by atoms with E-state index in [1.165, 1.54) is 6.07 Å². The summed E-state index contributed by atoms with van der Waals surface area (Å²) in [4.78, 5) is -0.531. The third-order valence-corrected chi connectivity index (χ3v) is 3.53. The molecular formula is C11H15ClO4S. The molecule has 0 saturated heterocycles. The zero-order valence-electron chi connectivity index (χ0n) is 9.48. The Balaban J connectivity index is 3.11. The number of hydrogen-bond donors (Lipinski definition) is 2. The largest absolute Gasteiger partial charge is 0.506 e. The van der Waals surface area contributed by atoms with Crippen LogP contribution in [0.4, 0.5) is 0 Å². The van der Waals surface area contributed by atoms with Crippen molar-refractivity contribution >= 4 is 21.7 Å². The summed E-state index contributed by atoms with van der Waals surface area (Å²) < 4.78 is 31.0. The summed E-state index contributed by atoms with van der Waals surface area (Å²) in [6.45, 7) is 2.04. The molecule has 0 unspecified atom stereocenters. The number of aryl methyl sites for hydroxylation is 1. The van der Waals surface area contributed by atoms with E-state index in [-0.39, 0.29) is 5.02 Å². The predicted molar refractivity (Wildman–Crippen MR) is 66.2 cm³/mol. The van der Waals surface area contributed by atoms with Crippen molar-refractivity contribution in [2.24, 2.45) is 0 Å². The summed E-state index contributed by atoms with van der Waals surface area (Å²) in [7, 11) is -4.44. The second-order valence-corrected chi connectivity index (χ2v) is 5.67. The number of unbranched alkanes of at least 4 members (excludes halogenated alkanes) is 2. The Morgan fingerprint density at radius 3 is 2.47 bits per heavy atom.